The SMILES string of the molecule is CN(c1c(C(F)(F)F)ccc(-c2ccccc2)c1C(N)=O)c1nc2nncn2c2cc(Cl)ccc12. The molecule has 7 nitrogen and oxygen atoms in total. The van der Waals surface area contributed by atoms with Crippen LogP contribution < -0.4 is 10.6 Å². The summed E-state index contributed by atoms with van der Waals surface area (Å²) in [6.07, 6.45) is -3.35. The molecule has 0 aliphatic carbocycles. The Morgan fingerprint density at radius 1 is 1.09 bits per heavy atom. The highest BCUT2D eigenvalue weighted by Gasteiger charge is 2.38. The zero-order valence-corrected chi connectivity index (χ0v) is 18.8. The number of fused-ring (bicyclic) bond motifs is 3. The van der Waals surface area contributed by atoms with E-state index in [2.05, 4.69) is 15.2 Å². The number of carbonyl (C=O) groups is 1. The number of benzene rings is 3. The van der Waals surface area contributed by atoms with Crippen molar-refractivity contribution in [3.8, 4) is 11.1 Å². The number of nitrogens with two attached hydrogens (primary N) is 1. The fourth-order valence-corrected chi connectivity index (χ4v) is 4.33. The second kappa shape index (κ2) is 8.24. The van der Waals surface area contributed by atoms with Gasteiger partial charge in [-0.1, -0.05) is 48.0 Å². The van der Waals surface area contributed by atoms with Gasteiger partial charge in [-0.3, -0.25) is 9.20 Å². The molecule has 0 fully saturated rings. The van der Waals surface area contributed by atoms with Crippen molar-refractivity contribution >= 4 is 45.7 Å². The number of amides is 1. The number of hydrogen-bond donors (Lipinski definition) is 1. The minimum Gasteiger partial charge on any atom is -0.366 e. The van der Waals surface area contributed by atoms with E-state index >= 15 is 0 Å². The molecule has 0 spiro atoms. The molecule has 0 atom stereocenters. The predicted octanol–water partition coefficient (Wildman–Crippen LogP) is 5.48. The van der Waals surface area contributed by atoms with Gasteiger partial charge in [0.05, 0.1) is 22.3 Å². The van der Waals surface area contributed by atoms with Gasteiger partial charge in [0.2, 0.25) is 0 Å². The molecule has 3 aromatic carbocycles. The van der Waals surface area contributed by atoms with Crippen molar-refractivity contribution in [2.45, 2.75) is 6.18 Å². The van der Waals surface area contributed by atoms with E-state index in [-0.39, 0.29) is 22.7 Å². The van der Waals surface area contributed by atoms with Crippen LogP contribution in [0.5, 0.6) is 0 Å². The molecule has 35 heavy (non-hydrogen) atoms. The summed E-state index contributed by atoms with van der Waals surface area (Å²) >= 11 is 6.18. The van der Waals surface area contributed by atoms with Gasteiger partial charge >= 0.3 is 6.18 Å². The average molecular weight is 497 g/mol. The first-order valence-corrected chi connectivity index (χ1v) is 10.7. The van der Waals surface area contributed by atoms with E-state index in [1.54, 1.807) is 52.9 Å². The van der Waals surface area contributed by atoms with Crippen molar-refractivity contribution in [1.29, 1.82) is 0 Å². The Morgan fingerprint density at radius 3 is 2.51 bits per heavy atom. The van der Waals surface area contributed by atoms with Gasteiger partial charge in [-0.05, 0) is 35.4 Å². The molecule has 2 heterocycles. The largest absolute Gasteiger partial charge is 0.418 e. The summed E-state index contributed by atoms with van der Waals surface area (Å²) in [6, 6.07) is 15.6. The summed E-state index contributed by atoms with van der Waals surface area (Å²) in [5.41, 5.74) is 5.31. The van der Waals surface area contributed by atoms with Crippen LogP contribution in [0.1, 0.15) is 15.9 Å². The lowest BCUT2D eigenvalue weighted by molar-refractivity contribution is -0.137. The van der Waals surface area contributed by atoms with Crippen molar-refractivity contribution in [3.05, 3.63) is 83.1 Å². The molecule has 0 saturated carbocycles. The molecule has 176 valence electrons. The van der Waals surface area contributed by atoms with E-state index < -0.39 is 23.3 Å². The predicted molar refractivity (Wildman–Crippen MR) is 127 cm³/mol. The number of carbonyl (C=O) groups excluding carboxylic acids is 1. The third kappa shape index (κ3) is 3.81. The van der Waals surface area contributed by atoms with E-state index in [1.165, 1.54) is 24.3 Å². The summed E-state index contributed by atoms with van der Waals surface area (Å²) in [5, 5.41) is 8.67. The van der Waals surface area contributed by atoms with Gasteiger partial charge in [-0.15, -0.1) is 10.2 Å². The van der Waals surface area contributed by atoms with Gasteiger partial charge in [0, 0.05) is 17.5 Å². The first kappa shape index (κ1) is 22.6. The van der Waals surface area contributed by atoms with Crippen LogP contribution in [0.3, 0.4) is 0 Å². The maximum Gasteiger partial charge on any atom is 0.418 e. The van der Waals surface area contributed by atoms with Gasteiger partial charge in [0.15, 0.2) is 0 Å². The van der Waals surface area contributed by atoms with Gasteiger partial charge in [0.1, 0.15) is 12.1 Å². The molecule has 5 rings (SSSR count). The average Bonchev–Trinajstić information content (AvgIpc) is 3.31. The third-order valence-electron chi connectivity index (χ3n) is 5.66. The number of hydrogen-bond acceptors (Lipinski definition) is 5. The number of anilines is 2. The van der Waals surface area contributed by atoms with Crippen LogP contribution in [0.4, 0.5) is 24.7 Å². The summed E-state index contributed by atoms with van der Waals surface area (Å²) in [6.45, 7) is 0. The molecule has 0 unspecified atom stereocenters. The zero-order chi connectivity index (χ0) is 24.9. The Bertz CT molecular complexity index is 1600. The Morgan fingerprint density at radius 2 is 1.83 bits per heavy atom. The van der Waals surface area contributed by atoms with E-state index in [4.69, 9.17) is 17.3 Å². The lowest BCUT2D eigenvalue weighted by Crippen LogP contribution is -2.24. The molecule has 2 aromatic heterocycles. The van der Waals surface area contributed by atoms with Gasteiger partial charge in [0.25, 0.3) is 11.7 Å². The minimum atomic E-state index is -4.78. The molecule has 5 aromatic rings. The van der Waals surface area contributed by atoms with Gasteiger partial charge < -0.3 is 10.6 Å². The number of rotatable bonds is 4. The first-order valence-electron chi connectivity index (χ1n) is 10.3. The monoisotopic (exact) mass is 496 g/mol. The standard InChI is InChI=1S/C24H16ClF3N6O/c1-33(22-16-8-7-14(25)11-18(16)34-12-30-32-23(34)31-22)20-17(24(26,27)28)10-9-15(19(20)21(29)35)13-5-3-2-4-6-13/h2-12H,1H3,(H2,29,35). The fourth-order valence-electron chi connectivity index (χ4n) is 4.16. The fraction of sp³-hybridized carbons (Fsp3) is 0.0833. The summed E-state index contributed by atoms with van der Waals surface area (Å²) < 4.78 is 44.3. The minimum absolute atomic E-state index is 0.121. The highest BCUT2D eigenvalue weighted by Crippen LogP contribution is 2.44. The topological polar surface area (TPSA) is 89.4 Å². The van der Waals surface area contributed by atoms with Crippen molar-refractivity contribution in [3.63, 3.8) is 0 Å². The van der Waals surface area contributed by atoms with E-state index in [1.807, 2.05) is 0 Å². The van der Waals surface area contributed by atoms with Crippen LogP contribution >= 0.6 is 11.6 Å². The third-order valence-corrected chi connectivity index (χ3v) is 5.90. The summed E-state index contributed by atoms with van der Waals surface area (Å²) in [7, 11) is 1.40. The molecule has 0 saturated heterocycles. The molecule has 2 N–H and O–H groups in total. The van der Waals surface area contributed by atoms with E-state index in [0.29, 0.717) is 21.5 Å². The molecule has 0 aliphatic rings. The maximum atomic E-state index is 14.2. The number of alkyl halides is 3. The van der Waals surface area contributed by atoms with Gasteiger partial charge in [-0.2, -0.15) is 18.2 Å². The first-order chi connectivity index (χ1) is 16.7. The van der Waals surface area contributed by atoms with Gasteiger partial charge in [-0.25, -0.2) is 0 Å². The lowest BCUT2D eigenvalue weighted by atomic mass is 9.93. The number of aromatic nitrogens is 4. The smallest absolute Gasteiger partial charge is 0.366 e. The summed E-state index contributed by atoms with van der Waals surface area (Å²) in [5.74, 6) is -0.738. The van der Waals surface area contributed by atoms with Crippen LogP contribution in [0, 0.1) is 0 Å². The molecular formula is C24H16ClF3N6O. The lowest BCUT2D eigenvalue weighted by Gasteiger charge is -2.27. The quantitative estimate of drug-likeness (QED) is 0.356. The van der Waals surface area contributed by atoms with Crippen molar-refractivity contribution in [2.75, 3.05) is 11.9 Å². The molecular weight excluding hydrogens is 481 g/mol. The zero-order valence-electron chi connectivity index (χ0n) is 18.1. The van der Waals surface area contributed by atoms with Crippen molar-refractivity contribution in [1.82, 2.24) is 19.6 Å². The van der Waals surface area contributed by atoms with Crippen LogP contribution in [0.25, 0.3) is 27.8 Å². The molecule has 0 aliphatic heterocycles. The van der Waals surface area contributed by atoms with Crippen LogP contribution in [0.15, 0.2) is 67.0 Å². The molecule has 0 bridgehead atoms. The normalized spacial score (nSPS) is 11.8. The Labute approximate surface area is 201 Å². The Balaban J connectivity index is 1.87. The number of halogens is 4. The van der Waals surface area contributed by atoms with Crippen molar-refractivity contribution < 1.29 is 18.0 Å². The van der Waals surface area contributed by atoms with Crippen LogP contribution in [0.2, 0.25) is 5.02 Å². The maximum absolute atomic E-state index is 14.2. The van der Waals surface area contributed by atoms with Crippen LogP contribution in [-0.4, -0.2) is 32.5 Å². The molecule has 11 heteroatoms. The highest BCUT2D eigenvalue weighted by atomic mass is 35.5. The number of nitrogens with zero attached hydrogens (tertiary/aromatic N) is 5. The van der Waals surface area contributed by atoms with E-state index in [0.717, 1.165) is 6.07 Å². The Kier molecular flexibility index (Phi) is 5.32. The van der Waals surface area contributed by atoms with E-state index in [9.17, 15) is 18.0 Å². The highest BCUT2D eigenvalue weighted by molar-refractivity contribution is 6.31. The van der Waals surface area contributed by atoms with Crippen LogP contribution in [-0.2, 0) is 6.18 Å². The van der Waals surface area contributed by atoms with Crippen molar-refractivity contribution in [2.24, 2.45) is 5.73 Å². The summed E-state index contributed by atoms with van der Waals surface area (Å²) in [4.78, 5) is 18.3. The molecule has 0 radical (unpaired) electrons. The second-order valence-corrected chi connectivity index (χ2v) is 8.21. The molecule has 1 amide bonds. The second-order valence-electron chi connectivity index (χ2n) is 7.77. The number of primary amides is 1. The Hall–Kier alpha value is -4.18.